The van der Waals surface area contributed by atoms with E-state index in [2.05, 4.69) is 33.4 Å². The van der Waals surface area contributed by atoms with Gasteiger partial charge in [-0.1, -0.05) is 44.6 Å². The van der Waals surface area contributed by atoms with Crippen LogP contribution in [0.3, 0.4) is 0 Å². The third-order valence-corrected chi connectivity index (χ3v) is 4.43. The highest BCUT2D eigenvalue weighted by Gasteiger charge is 2.35. The van der Waals surface area contributed by atoms with Gasteiger partial charge in [-0.15, -0.1) is 0 Å². The summed E-state index contributed by atoms with van der Waals surface area (Å²) in [5, 5.41) is 0. The predicted molar refractivity (Wildman–Crippen MR) is 66.7 cm³/mol. The molecule has 2 aliphatic rings. The molecule has 0 aliphatic heterocycles. The molecule has 0 heterocycles. The van der Waals surface area contributed by atoms with E-state index in [1.165, 1.54) is 31.3 Å². The van der Waals surface area contributed by atoms with Gasteiger partial charge in [-0.05, 0) is 49.4 Å². The maximum absolute atomic E-state index is 4.15. The van der Waals surface area contributed by atoms with Crippen molar-refractivity contribution in [3.8, 4) is 0 Å². The van der Waals surface area contributed by atoms with Crippen LogP contribution in [0.2, 0.25) is 0 Å². The van der Waals surface area contributed by atoms with E-state index in [-0.39, 0.29) is 0 Å². The van der Waals surface area contributed by atoms with Crippen molar-refractivity contribution in [1.29, 1.82) is 0 Å². The molecular weight excluding hydrogens is 180 g/mol. The van der Waals surface area contributed by atoms with Gasteiger partial charge in [0.15, 0.2) is 0 Å². The van der Waals surface area contributed by atoms with Crippen molar-refractivity contribution < 1.29 is 0 Å². The van der Waals surface area contributed by atoms with E-state index in [0.717, 1.165) is 23.7 Å². The minimum Gasteiger partial charge on any atom is -0.0958 e. The van der Waals surface area contributed by atoms with Gasteiger partial charge < -0.3 is 0 Å². The zero-order valence-electron chi connectivity index (χ0n) is 10.4. The number of hydrogen-bond acceptors (Lipinski definition) is 0. The van der Waals surface area contributed by atoms with E-state index >= 15 is 0 Å². The molecule has 0 bridgehead atoms. The number of rotatable bonds is 1. The summed E-state index contributed by atoms with van der Waals surface area (Å²) in [6.45, 7) is 11.3. The molecule has 0 N–H and O–H groups in total. The highest BCUT2D eigenvalue weighted by Crippen LogP contribution is 2.46. The third-order valence-electron chi connectivity index (χ3n) is 4.43. The third kappa shape index (κ3) is 2.04. The molecule has 0 radical (unpaired) electrons. The molecule has 0 amide bonds. The Balaban J connectivity index is 2.27. The van der Waals surface area contributed by atoms with Crippen LogP contribution in [0.4, 0.5) is 0 Å². The molecule has 1 saturated carbocycles. The second-order valence-electron chi connectivity index (χ2n) is 5.85. The fraction of sp³-hybridized carbons (Fsp3) is 0.733. The number of fused-ring (bicyclic) bond motifs is 1. The van der Waals surface area contributed by atoms with Crippen molar-refractivity contribution in [1.82, 2.24) is 0 Å². The molecule has 0 saturated heterocycles. The summed E-state index contributed by atoms with van der Waals surface area (Å²) >= 11 is 0. The predicted octanol–water partition coefficient (Wildman–Crippen LogP) is 4.58. The van der Waals surface area contributed by atoms with E-state index in [4.69, 9.17) is 0 Å². The lowest BCUT2D eigenvalue weighted by Crippen LogP contribution is -2.30. The molecule has 0 nitrogen and oxygen atoms in total. The van der Waals surface area contributed by atoms with E-state index in [1.807, 2.05) is 0 Å². The second-order valence-corrected chi connectivity index (χ2v) is 5.85. The van der Waals surface area contributed by atoms with Gasteiger partial charge in [0.2, 0.25) is 0 Å². The second kappa shape index (κ2) is 4.15. The van der Waals surface area contributed by atoms with Crippen molar-refractivity contribution in [3.05, 3.63) is 23.8 Å². The molecule has 0 unspecified atom stereocenters. The fourth-order valence-electron chi connectivity index (χ4n) is 3.45. The first kappa shape index (κ1) is 11.0. The average molecular weight is 204 g/mol. The summed E-state index contributed by atoms with van der Waals surface area (Å²) in [7, 11) is 0. The SMILES string of the molecule is C=C1C=C2[C@@H](C(C)C)CC[C@H](C)[C@H]2CC1. The minimum atomic E-state index is 0.803. The smallest absolute Gasteiger partial charge is 0.0168 e. The standard InChI is InChI=1S/C15H24/c1-10(2)13-8-6-12(4)14-7-5-11(3)9-15(13)14/h9-10,12-14H,3,5-8H2,1-2,4H3/t12-,13+,14+/m0/s1. The lowest BCUT2D eigenvalue weighted by atomic mass is 9.64. The van der Waals surface area contributed by atoms with Crippen LogP contribution >= 0.6 is 0 Å². The Bertz CT molecular complexity index is 282. The molecule has 2 aliphatic carbocycles. The summed E-state index contributed by atoms with van der Waals surface area (Å²) < 4.78 is 0. The molecule has 0 heteroatoms. The first-order valence-electron chi connectivity index (χ1n) is 6.49. The van der Waals surface area contributed by atoms with Crippen LogP contribution in [-0.2, 0) is 0 Å². The van der Waals surface area contributed by atoms with Crippen LogP contribution < -0.4 is 0 Å². The topological polar surface area (TPSA) is 0 Å². The Kier molecular flexibility index (Phi) is 3.04. The van der Waals surface area contributed by atoms with Gasteiger partial charge in [-0.2, -0.15) is 0 Å². The maximum atomic E-state index is 4.15. The summed E-state index contributed by atoms with van der Waals surface area (Å²) in [5.41, 5.74) is 3.10. The fourth-order valence-corrected chi connectivity index (χ4v) is 3.45. The van der Waals surface area contributed by atoms with Crippen molar-refractivity contribution in [2.45, 2.75) is 46.5 Å². The zero-order valence-corrected chi connectivity index (χ0v) is 10.4. The summed E-state index contributed by atoms with van der Waals surface area (Å²) in [6.07, 6.45) is 7.83. The van der Waals surface area contributed by atoms with E-state index in [9.17, 15) is 0 Å². The Hall–Kier alpha value is -0.520. The average Bonchev–Trinajstić information content (AvgIpc) is 2.17. The quantitative estimate of drug-likeness (QED) is 0.586. The van der Waals surface area contributed by atoms with Gasteiger partial charge in [-0.25, -0.2) is 0 Å². The Morgan fingerprint density at radius 2 is 2.00 bits per heavy atom. The van der Waals surface area contributed by atoms with Gasteiger partial charge in [0.1, 0.15) is 0 Å². The van der Waals surface area contributed by atoms with Crippen molar-refractivity contribution >= 4 is 0 Å². The Morgan fingerprint density at radius 1 is 1.27 bits per heavy atom. The highest BCUT2D eigenvalue weighted by molar-refractivity contribution is 5.30. The molecule has 1 fully saturated rings. The first-order valence-corrected chi connectivity index (χ1v) is 6.49. The van der Waals surface area contributed by atoms with Gasteiger partial charge in [0, 0.05) is 0 Å². The Labute approximate surface area is 94.5 Å². The molecular formula is C15H24. The van der Waals surface area contributed by atoms with E-state index in [0.29, 0.717) is 0 Å². The monoisotopic (exact) mass is 204 g/mol. The molecule has 84 valence electrons. The van der Waals surface area contributed by atoms with E-state index in [1.54, 1.807) is 5.57 Å². The van der Waals surface area contributed by atoms with Crippen molar-refractivity contribution in [2.75, 3.05) is 0 Å². The lowest BCUT2D eigenvalue weighted by Gasteiger charge is -2.41. The van der Waals surface area contributed by atoms with Crippen LogP contribution in [0.1, 0.15) is 46.5 Å². The molecule has 0 aromatic carbocycles. The number of allylic oxidation sites excluding steroid dienone is 3. The van der Waals surface area contributed by atoms with Crippen LogP contribution in [0, 0.1) is 23.7 Å². The Morgan fingerprint density at radius 3 is 2.67 bits per heavy atom. The summed E-state index contributed by atoms with van der Waals surface area (Å²) in [5.74, 6) is 3.41. The molecule has 0 aromatic rings. The van der Waals surface area contributed by atoms with Crippen molar-refractivity contribution in [2.24, 2.45) is 23.7 Å². The van der Waals surface area contributed by atoms with Gasteiger partial charge >= 0.3 is 0 Å². The highest BCUT2D eigenvalue weighted by atomic mass is 14.4. The summed E-state index contributed by atoms with van der Waals surface area (Å²) in [6, 6.07) is 0. The minimum absolute atomic E-state index is 0.803. The van der Waals surface area contributed by atoms with Gasteiger partial charge in [-0.3, -0.25) is 0 Å². The van der Waals surface area contributed by atoms with Crippen LogP contribution in [0.25, 0.3) is 0 Å². The molecule has 0 spiro atoms. The van der Waals surface area contributed by atoms with Gasteiger partial charge in [0.25, 0.3) is 0 Å². The van der Waals surface area contributed by atoms with Crippen LogP contribution in [0.15, 0.2) is 23.8 Å². The normalized spacial score (nSPS) is 36.4. The van der Waals surface area contributed by atoms with E-state index < -0.39 is 0 Å². The molecule has 2 rings (SSSR count). The number of hydrogen-bond donors (Lipinski definition) is 0. The van der Waals surface area contributed by atoms with Crippen LogP contribution in [-0.4, -0.2) is 0 Å². The van der Waals surface area contributed by atoms with Crippen molar-refractivity contribution in [3.63, 3.8) is 0 Å². The molecule has 3 atom stereocenters. The maximum Gasteiger partial charge on any atom is -0.0168 e. The van der Waals surface area contributed by atoms with Crippen LogP contribution in [0.5, 0.6) is 0 Å². The zero-order chi connectivity index (χ0) is 11.0. The summed E-state index contributed by atoms with van der Waals surface area (Å²) in [4.78, 5) is 0. The lowest BCUT2D eigenvalue weighted by molar-refractivity contribution is 0.224. The van der Waals surface area contributed by atoms with Gasteiger partial charge in [0.05, 0.1) is 0 Å². The molecule has 0 aromatic heterocycles. The first-order chi connectivity index (χ1) is 7.09. The largest absolute Gasteiger partial charge is 0.0958 e. The molecule has 15 heavy (non-hydrogen) atoms.